The molecular formula is C22H18N8O. The van der Waals surface area contributed by atoms with Crippen LogP contribution in [0.15, 0.2) is 42.7 Å². The lowest BCUT2D eigenvalue weighted by atomic mass is 9.68. The molecule has 2 N–H and O–H groups in total. The van der Waals surface area contributed by atoms with Crippen LogP contribution in [0, 0.1) is 28.6 Å². The van der Waals surface area contributed by atoms with E-state index in [1.165, 1.54) is 0 Å². The molecule has 1 aliphatic rings. The number of pyridine rings is 1. The number of H-pyrrole nitrogens is 1. The summed E-state index contributed by atoms with van der Waals surface area (Å²) in [6.45, 7) is -0.120. The first-order valence-corrected chi connectivity index (χ1v) is 9.90. The number of nitrogens with zero attached hydrogens (tertiary/aromatic N) is 7. The Kier molecular flexibility index (Phi) is 4.46. The molecule has 3 aromatic heterocycles. The van der Waals surface area contributed by atoms with Crippen molar-refractivity contribution in [3.05, 3.63) is 48.4 Å². The molecule has 0 aliphatic heterocycles. The summed E-state index contributed by atoms with van der Waals surface area (Å²) in [5, 5.41) is 45.0. The molecule has 0 amide bonds. The van der Waals surface area contributed by atoms with Crippen molar-refractivity contribution in [3.63, 3.8) is 0 Å². The molecule has 152 valence electrons. The fraction of sp³-hybridized carbons (Fsp3) is 0.273. The van der Waals surface area contributed by atoms with Crippen LogP contribution in [0.4, 0.5) is 0 Å². The Morgan fingerprint density at radius 3 is 2.84 bits per heavy atom. The van der Waals surface area contributed by atoms with Gasteiger partial charge in [0.05, 0.1) is 59.7 Å². The Morgan fingerprint density at radius 1 is 1.23 bits per heavy atom. The van der Waals surface area contributed by atoms with E-state index in [4.69, 9.17) is 5.10 Å². The summed E-state index contributed by atoms with van der Waals surface area (Å²) in [6, 6.07) is 14.0. The van der Waals surface area contributed by atoms with Crippen molar-refractivity contribution >= 4 is 10.9 Å². The van der Waals surface area contributed by atoms with Crippen LogP contribution in [0.5, 0.6) is 0 Å². The van der Waals surface area contributed by atoms with Gasteiger partial charge < -0.3 is 5.11 Å². The molecule has 0 saturated heterocycles. The van der Waals surface area contributed by atoms with Crippen LogP contribution < -0.4 is 0 Å². The zero-order chi connectivity index (χ0) is 21.4. The second kappa shape index (κ2) is 7.31. The first kappa shape index (κ1) is 18.9. The van der Waals surface area contributed by atoms with Crippen molar-refractivity contribution in [1.29, 1.82) is 10.5 Å². The largest absolute Gasteiger partial charge is 0.390 e. The van der Waals surface area contributed by atoms with Crippen LogP contribution in [0.2, 0.25) is 0 Å². The predicted molar refractivity (Wildman–Crippen MR) is 111 cm³/mol. The monoisotopic (exact) mass is 410 g/mol. The second-order valence-electron chi connectivity index (χ2n) is 7.84. The Bertz CT molecular complexity index is 1350. The van der Waals surface area contributed by atoms with Gasteiger partial charge in [0.1, 0.15) is 5.69 Å². The summed E-state index contributed by atoms with van der Waals surface area (Å²) >= 11 is 0. The quantitative estimate of drug-likeness (QED) is 0.515. The van der Waals surface area contributed by atoms with Crippen molar-refractivity contribution in [2.45, 2.75) is 31.4 Å². The first-order chi connectivity index (χ1) is 15.2. The van der Waals surface area contributed by atoms with Crippen LogP contribution >= 0.6 is 0 Å². The molecule has 1 fully saturated rings. The van der Waals surface area contributed by atoms with Gasteiger partial charge in [-0.1, -0.05) is 6.07 Å². The highest BCUT2D eigenvalue weighted by Crippen LogP contribution is 2.45. The second-order valence-corrected chi connectivity index (χ2v) is 7.84. The summed E-state index contributed by atoms with van der Waals surface area (Å²) in [7, 11) is 0. The lowest BCUT2D eigenvalue weighted by molar-refractivity contribution is 0.0713. The topological polar surface area (TPSA) is 140 Å². The van der Waals surface area contributed by atoms with E-state index < -0.39 is 5.54 Å². The molecule has 9 heteroatoms. The molecule has 0 unspecified atom stereocenters. The van der Waals surface area contributed by atoms with E-state index in [1.807, 2.05) is 24.3 Å². The third kappa shape index (κ3) is 3.12. The number of hydrogen-bond donors (Lipinski definition) is 2. The summed E-state index contributed by atoms with van der Waals surface area (Å²) in [5.74, 6) is -0.0726. The highest BCUT2D eigenvalue weighted by Gasteiger charge is 2.48. The smallest absolute Gasteiger partial charge is 0.113 e. The van der Waals surface area contributed by atoms with Gasteiger partial charge in [0, 0.05) is 22.7 Å². The highest BCUT2D eigenvalue weighted by molar-refractivity contribution is 5.96. The van der Waals surface area contributed by atoms with E-state index in [2.05, 4.69) is 32.4 Å². The van der Waals surface area contributed by atoms with E-state index in [9.17, 15) is 15.6 Å². The molecule has 4 aromatic rings. The molecule has 0 radical (unpaired) electrons. The van der Waals surface area contributed by atoms with E-state index in [1.54, 1.807) is 23.3 Å². The van der Waals surface area contributed by atoms with Gasteiger partial charge >= 0.3 is 0 Å². The van der Waals surface area contributed by atoms with Gasteiger partial charge in [-0.05, 0) is 37.1 Å². The fourth-order valence-corrected chi connectivity index (χ4v) is 4.22. The molecule has 1 saturated carbocycles. The summed E-state index contributed by atoms with van der Waals surface area (Å²) in [4.78, 5) is 6.10. The third-order valence-corrected chi connectivity index (χ3v) is 5.85. The minimum atomic E-state index is -0.530. The normalized spacial score (nSPS) is 20.2. The molecule has 3 heterocycles. The zero-order valence-corrected chi connectivity index (χ0v) is 16.5. The minimum Gasteiger partial charge on any atom is -0.390 e. The average Bonchev–Trinajstić information content (AvgIpc) is 3.45. The molecule has 1 aliphatic carbocycles. The molecule has 0 bridgehead atoms. The van der Waals surface area contributed by atoms with Crippen molar-refractivity contribution in [2.24, 2.45) is 5.92 Å². The standard InChI is InChI=1S/C22H18N8O/c23-4-3-22(9-14(10-22)11-24)30-26-12-21(29-30)18-6-15(19-8-16(13-31)27-28-19)7-20-17(18)2-1-5-25-20/h1-2,5-8,12,14,31H,3,9-10,13H2,(H,27,28). The predicted octanol–water partition coefficient (Wildman–Crippen LogP) is 2.92. The molecule has 0 spiro atoms. The van der Waals surface area contributed by atoms with Crippen LogP contribution in [-0.2, 0) is 12.1 Å². The number of fused-ring (bicyclic) bond motifs is 1. The van der Waals surface area contributed by atoms with Gasteiger partial charge in [-0.3, -0.25) is 10.1 Å². The first-order valence-electron chi connectivity index (χ1n) is 9.90. The lowest BCUT2D eigenvalue weighted by Gasteiger charge is -2.42. The van der Waals surface area contributed by atoms with E-state index in [0.717, 1.165) is 22.0 Å². The Balaban J connectivity index is 1.61. The van der Waals surface area contributed by atoms with Gasteiger partial charge in [0.15, 0.2) is 0 Å². The molecule has 9 nitrogen and oxygen atoms in total. The summed E-state index contributed by atoms with van der Waals surface area (Å²) < 4.78 is 0. The van der Waals surface area contributed by atoms with E-state index in [0.29, 0.717) is 29.9 Å². The number of aliphatic hydroxyl groups is 1. The maximum Gasteiger partial charge on any atom is 0.113 e. The molecular weight excluding hydrogens is 392 g/mol. The highest BCUT2D eigenvalue weighted by atomic mass is 16.3. The third-order valence-electron chi connectivity index (χ3n) is 5.85. The zero-order valence-electron chi connectivity index (χ0n) is 16.5. The number of aromatic amines is 1. The summed E-state index contributed by atoms with van der Waals surface area (Å²) in [5.41, 5.74) is 3.93. The maximum absolute atomic E-state index is 9.34. The molecule has 1 aromatic carbocycles. The van der Waals surface area contributed by atoms with Crippen LogP contribution in [0.1, 0.15) is 25.0 Å². The van der Waals surface area contributed by atoms with Gasteiger partial charge in [0.25, 0.3) is 0 Å². The van der Waals surface area contributed by atoms with Gasteiger partial charge in [-0.25, -0.2) is 0 Å². The number of nitriles is 2. The maximum atomic E-state index is 9.34. The molecule has 31 heavy (non-hydrogen) atoms. The Morgan fingerprint density at radius 2 is 2.10 bits per heavy atom. The van der Waals surface area contributed by atoms with Crippen LogP contribution in [0.3, 0.4) is 0 Å². The van der Waals surface area contributed by atoms with Gasteiger partial charge in [0.2, 0.25) is 0 Å². The van der Waals surface area contributed by atoms with Crippen molar-refractivity contribution in [1.82, 2.24) is 30.2 Å². The fourth-order valence-electron chi connectivity index (χ4n) is 4.22. The summed E-state index contributed by atoms with van der Waals surface area (Å²) in [6.07, 6.45) is 4.83. The Labute approximate surface area is 177 Å². The van der Waals surface area contributed by atoms with Crippen LogP contribution in [-0.4, -0.2) is 35.3 Å². The molecule has 0 atom stereocenters. The number of hydrogen-bond acceptors (Lipinski definition) is 7. The Hall–Kier alpha value is -4.08. The van der Waals surface area contributed by atoms with Crippen molar-refractivity contribution in [2.75, 3.05) is 0 Å². The van der Waals surface area contributed by atoms with Gasteiger partial charge in [-0.2, -0.15) is 30.6 Å². The SMILES string of the molecule is N#CCC1(n2ncc(-c3cc(-c4cc(CO)[nH]n4)cc4ncccc34)n2)CC(C#N)C1. The molecule has 5 rings (SSSR count). The number of benzene rings is 1. The number of aliphatic hydroxyl groups excluding tert-OH is 1. The average molecular weight is 410 g/mol. The number of rotatable bonds is 5. The minimum absolute atomic E-state index is 0.0726. The van der Waals surface area contributed by atoms with Crippen LogP contribution in [0.25, 0.3) is 33.4 Å². The van der Waals surface area contributed by atoms with Gasteiger partial charge in [-0.15, -0.1) is 0 Å². The van der Waals surface area contributed by atoms with Crippen molar-refractivity contribution < 1.29 is 5.11 Å². The number of aromatic nitrogens is 6. The lowest BCUT2D eigenvalue weighted by Crippen LogP contribution is -2.47. The van der Waals surface area contributed by atoms with E-state index >= 15 is 0 Å². The van der Waals surface area contributed by atoms with E-state index in [-0.39, 0.29) is 18.9 Å². The number of nitrogens with one attached hydrogen (secondary N) is 1. The van der Waals surface area contributed by atoms with Crippen molar-refractivity contribution in [3.8, 4) is 34.7 Å².